The van der Waals surface area contributed by atoms with Gasteiger partial charge in [-0.2, -0.15) is 0 Å². The summed E-state index contributed by atoms with van der Waals surface area (Å²) in [5.41, 5.74) is -0.464. The van der Waals surface area contributed by atoms with Gasteiger partial charge in [0, 0.05) is 10.6 Å². The number of halogens is 1. The smallest absolute Gasteiger partial charge is 0.331 e. The van der Waals surface area contributed by atoms with E-state index in [1.54, 1.807) is 38.1 Å². The van der Waals surface area contributed by atoms with Crippen LogP contribution in [0.5, 0.6) is 0 Å². The minimum atomic E-state index is -1.18. The Balaban J connectivity index is 2.54. The number of benzene rings is 1. The second-order valence-electron chi connectivity index (χ2n) is 4.35. The van der Waals surface area contributed by atoms with Gasteiger partial charge < -0.3 is 5.11 Å². The number of aliphatic carboxylic acids is 1. The van der Waals surface area contributed by atoms with Gasteiger partial charge in [0.2, 0.25) is 0 Å². The lowest BCUT2D eigenvalue weighted by molar-refractivity contribution is -0.147. The summed E-state index contributed by atoms with van der Waals surface area (Å²) in [6.45, 7) is 3.37. The minimum Gasteiger partial charge on any atom is -0.479 e. The molecule has 1 aromatic heterocycles. The van der Waals surface area contributed by atoms with Crippen LogP contribution in [0, 0.1) is 0 Å². The molecule has 1 atom stereocenters. The third-order valence-corrected chi connectivity index (χ3v) is 3.44. The van der Waals surface area contributed by atoms with Crippen LogP contribution in [0.3, 0.4) is 0 Å². The van der Waals surface area contributed by atoms with E-state index in [4.69, 9.17) is 11.6 Å². The highest BCUT2D eigenvalue weighted by Gasteiger charge is 2.37. The van der Waals surface area contributed by atoms with Gasteiger partial charge in [-0.15, -0.1) is 5.10 Å². The number of carbonyl (C=O) groups is 1. The lowest BCUT2D eigenvalue weighted by atomic mass is 9.99. The van der Waals surface area contributed by atoms with E-state index >= 15 is 0 Å². The average Bonchev–Trinajstić information content (AvgIpc) is 2.88. The second kappa shape index (κ2) is 4.97. The average molecular weight is 281 g/mol. The van der Waals surface area contributed by atoms with E-state index in [0.717, 1.165) is 5.56 Å². The summed E-state index contributed by atoms with van der Waals surface area (Å²) in [6.07, 6.45) is 0.369. The number of carboxylic acid groups (broad SMARTS) is 1. The number of nitrogens with zero attached hydrogens (tertiary/aromatic N) is 4. The summed E-state index contributed by atoms with van der Waals surface area (Å²) in [5.74, 6) is -0.569. The highest BCUT2D eigenvalue weighted by atomic mass is 35.5. The van der Waals surface area contributed by atoms with Crippen molar-refractivity contribution < 1.29 is 9.90 Å². The zero-order valence-corrected chi connectivity index (χ0v) is 11.3. The highest BCUT2D eigenvalue weighted by molar-refractivity contribution is 6.30. The number of carboxylic acids is 1. The number of tetrazole rings is 1. The molecule has 1 N–H and O–H groups in total. The molecule has 6 nitrogen and oxygen atoms in total. The summed E-state index contributed by atoms with van der Waals surface area (Å²) in [6, 6.07) is 6.92. The lowest BCUT2D eigenvalue weighted by Crippen LogP contribution is -2.39. The van der Waals surface area contributed by atoms with E-state index in [0.29, 0.717) is 17.3 Å². The molecular weight excluding hydrogens is 268 g/mol. The molecular formula is C12H13ClN4O2. The minimum absolute atomic E-state index is 0.369. The van der Waals surface area contributed by atoms with Gasteiger partial charge in [-0.3, -0.25) is 0 Å². The Morgan fingerprint density at radius 2 is 2.05 bits per heavy atom. The van der Waals surface area contributed by atoms with Crippen molar-refractivity contribution in [3.63, 3.8) is 0 Å². The predicted molar refractivity (Wildman–Crippen MR) is 69.8 cm³/mol. The van der Waals surface area contributed by atoms with Gasteiger partial charge in [0.15, 0.2) is 11.4 Å². The number of rotatable bonds is 4. The summed E-state index contributed by atoms with van der Waals surface area (Å²) < 4.78 is 1.33. The van der Waals surface area contributed by atoms with Crippen LogP contribution in [0.15, 0.2) is 24.3 Å². The fraction of sp³-hybridized carbons (Fsp3) is 0.333. The van der Waals surface area contributed by atoms with E-state index in [1.807, 2.05) is 0 Å². The van der Waals surface area contributed by atoms with E-state index in [1.165, 1.54) is 4.68 Å². The number of hydrogen-bond donors (Lipinski definition) is 1. The molecule has 0 fully saturated rings. The summed E-state index contributed by atoms with van der Waals surface area (Å²) in [7, 11) is 0. The Labute approximate surface area is 115 Å². The summed E-state index contributed by atoms with van der Waals surface area (Å²) in [5, 5.41) is 21.3. The van der Waals surface area contributed by atoms with Crippen molar-refractivity contribution >= 4 is 17.6 Å². The summed E-state index contributed by atoms with van der Waals surface area (Å²) in [4.78, 5) is 11.5. The molecule has 7 heteroatoms. The molecule has 0 saturated carbocycles. The monoisotopic (exact) mass is 280 g/mol. The van der Waals surface area contributed by atoms with E-state index in [2.05, 4.69) is 15.5 Å². The largest absolute Gasteiger partial charge is 0.479 e. The zero-order valence-electron chi connectivity index (χ0n) is 10.5. The molecule has 19 heavy (non-hydrogen) atoms. The van der Waals surface area contributed by atoms with Crippen LogP contribution in [0.1, 0.15) is 20.3 Å². The van der Waals surface area contributed by atoms with Crippen molar-refractivity contribution in [3.8, 4) is 11.4 Å². The fourth-order valence-electron chi connectivity index (χ4n) is 1.69. The van der Waals surface area contributed by atoms with Gasteiger partial charge in [-0.05, 0) is 48.0 Å². The first-order chi connectivity index (χ1) is 8.99. The first-order valence-electron chi connectivity index (χ1n) is 5.77. The SMILES string of the molecule is CCC(C)(C(=O)O)n1nnnc1-c1ccc(Cl)cc1. The molecule has 0 spiro atoms. The van der Waals surface area contributed by atoms with Crippen molar-refractivity contribution in [1.82, 2.24) is 20.2 Å². The van der Waals surface area contributed by atoms with Gasteiger partial charge in [-0.1, -0.05) is 18.5 Å². The first kappa shape index (κ1) is 13.5. The molecule has 0 aliphatic rings. The molecule has 1 aromatic carbocycles. The van der Waals surface area contributed by atoms with Crippen LogP contribution in [0.2, 0.25) is 5.02 Å². The molecule has 2 aromatic rings. The van der Waals surface area contributed by atoms with Crippen molar-refractivity contribution in [2.45, 2.75) is 25.8 Å². The topological polar surface area (TPSA) is 80.9 Å². The van der Waals surface area contributed by atoms with Gasteiger partial charge in [0.25, 0.3) is 0 Å². The van der Waals surface area contributed by atoms with Gasteiger partial charge in [0.1, 0.15) is 0 Å². The molecule has 2 rings (SSSR count). The molecule has 0 aliphatic heterocycles. The van der Waals surface area contributed by atoms with Gasteiger partial charge >= 0.3 is 5.97 Å². The second-order valence-corrected chi connectivity index (χ2v) is 4.79. The van der Waals surface area contributed by atoms with Crippen LogP contribution < -0.4 is 0 Å². The Hall–Kier alpha value is -1.95. The Morgan fingerprint density at radius 3 is 2.58 bits per heavy atom. The molecule has 1 unspecified atom stereocenters. The van der Waals surface area contributed by atoms with Gasteiger partial charge in [-0.25, -0.2) is 9.48 Å². The molecule has 0 radical (unpaired) electrons. The summed E-state index contributed by atoms with van der Waals surface area (Å²) >= 11 is 5.83. The third-order valence-electron chi connectivity index (χ3n) is 3.19. The number of hydrogen-bond acceptors (Lipinski definition) is 4. The van der Waals surface area contributed by atoms with Crippen LogP contribution >= 0.6 is 11.6 Å². The maximum Gasteiger partial charge on any atom is 0.331 e. The quantitative estimate of drug-likeness (QED) is 0.928. The standard InChI is InChI=1S/C12H13ClN4O2/c1-3-12(2,11(18)19)17-10(14-15-16-17)8-4-6-9(13)7-5-8/h4-7H,3H2,1-2H3,(H,18,19). The molecule has 0 saturated heterocycles. The maximum absolute atomic E-state index is 11.5. The maximum atomic E-state index is 11.5. The van der Waals surface area contributed by atoms with Crippen molar-refractivity contribution in [1.29, 1.82) is 0 Å². The van der Waals surface area contributed by atoms with Crippen molar-refractivity contribution in [2.24, 2.45) is 0 Å². The zero-order chi connectivity index (χ0) is 14.0. The van der Waals surface area contributed by atoms with Crippen molar-refractivity contribution in [3.05, 3.63) is 29.3 Å². The van der Waals surface area contributed by atoms with Crippen molar-refractivity contribution in [2.75, 3.05) is 0 Å². The molecule has 100 valence electrons. The van der Waals surface area contributed by atoms with Crippen LogP contribution in [-0.4, -0.2) is 31.3 Å². The first-order valence-corrected chi connectivity index (χ1v) is 6.15. The van der Waals surface area contributed by atoms with Gasteiger partial charge in [0.05, 0.1) is 0 Å². The Kier molecular flexibility index (Phi) is 3.53. The molecule has 0 bridgehead atoms. The molecule has 0 aliphatic carbocycles. The van der Waals surface area contributed by atoms with E-state index in [9.17, 15) is 9.90 Å². The third kappa shape index (κ3) is 2.31. The fourth-order valence-corrected chi connectivity index (χ4v) is 1.82. The Bertz CT molecular complexity index is 596. The predicted octanol–water partition coefficient (Wildman–Crippen LogP) is 2.20. The lowest BCUT2D eigenvalue weighted by Gasteiger charge is -2.23. The van der Waals surface area contributed by atoms with Crippen LogP contribution in [0.25, 0.3) is 11.4 Å². The highest BCUT2D eigenvalue weighted by Crippen LogP contribution is 2.26. The van der Waals surface area contributed by atoms with Crippen LogP contribution in [0.4, 0.5) is 0 Å². The number of aromatic nitrogens is 4. The van der Waals surface area contributed by atoms with Crippen LogP contribution in [-0.2, 0) is 10.3 Å². The molecule has 1 heterocycles. The van der Waals surface area contributed by atoms with E-state index in [-0.39, 0.29) is 0 Å². The van der Waals surface area contributed by atoms with E-state index < -0.39 is 11.5 Å². The Morgan fingerprint density at radius 1 is 1.42 bits per heavy atom. The molecule has 0 amide bonds. The normalized spacial score (nSPS) is 14.1.